The first-order chi connectivity index (χ1) is 8.20. The number of carbonyl (C=O) groups is 1. The lowest BCUT2D eigenvalue weighted by Crippen LogP contribution is -2.11. The van der Waals surface area contributed by atoms with Crippen molar-refractivity contribution in [2.75, 3.05) is 0 Å². The van der Waals surface area contributed by atoms with Gasteiger partial charge < -0.3 is 5.73 Å². The minimum Gasteiger partial charge on any atom is -0.366 e. The molecule has 0 atom stereocenters. The van der Waals surface area contributed by atoms with E-state index in [1.807, 2.05) is 6.07 Å². The summed E-state index contributed by atoms with van der Waals surface area (Å²) >= 11 is 0. The van der Waals surface area contributed by atoms with Gasteiger partial charge in [-0.2, -0.15) is 5.26 Å². The molecule has 0 radical (unpaired) electrons. The van der Waals surface area contributed by atoms with Gasteiger partial charge in [-0.25, -0.2) is 0 Å². The van der Waals surface area contributed by atoms with Crippen molar-refractivity contribution >= 4 is 5.91 Å². The third-order valence-corrected chi connectivity index (χ3v) is 2.37. The summed E-state index contributed by atoms with van der Waals surface area (Å²) in [4.78, 5) is 15.0. The van der Waals surface area contributed by atoms with Crippen molar-refractivity contribution in [3.05, 3.63) is 53.9 Å². The fraction of sp³-hybridized carbons (Fsp3) is 0. The smallest absolute Gasteiger partial charge is 0.250 e. The molecule has 1 heterocycles. The average molecular weight is 223 g/mol. The Kier molecular flexibility index (Phi) is 2.84. The third-order valence-electron chi connectivity index (χ3n) is 2.37. The van der Waals surface area contributed by atoms with Gasteiger partial charge in [0.05, 0.1) is 17.2 Å². The maximum Gasteiger partial charge on any atom is 0.250 e. The molecule has 1 aromatic heterocycles. The van der Waals surface area contributed by atoms with Gasteiger partial charge in [-0.3, -0.25) is 9.78 Å². The van der Waals surface area contributed by atoms with E-state index in [1.165, 1.54) is 6.20 Å². The number of nitrogens with zero attached hydrogens (tertiary/aromatic N) is 2. The minimum absolute atomic E-state index is 0.367. The lowest BCUT2D eigenvalue weighted by Gasteiger charge is -2.02. The van der Waals surface area contributed by atoms with Crippen LogP contribution in [0.3, 0.4) is 0 Å². The largest absolute Gasteiger partial charge is 0.366 e. The van der Waals surface area contributed by atoms with E-state index in [-0.39, 0.29) is 0 Å². The molecule has 0 aliphatic heterocycles. The molecule has 1 aromatic carbocycles. The molecule has 4 heteroatoms. The summed E-state index contributed by atoms with van der Waals surface area (Å²) in [7, 11) is 0. The molecule has 82 valence electrons. The van der Waals surface area contributed by atoms with Gasteiger partial charge in [-0.05, 0) is 23.8 Å². The van der Waals surface area contributed by atoms with Crippen LogP contribution in [0.25, 0.3) is 11.1 Å². The van der Waals surface area contributed by atoms with E-state index in [2.05, 4.69) is 4.98 Å². The van der Waals surface area contributed by atoms with E-state index in [4.69, 9.17) is 11.0 Å². The molecule has 0 aliphatic rings. The molecule has 2 aromatic rings. The zero-order valence-electron chi connectivity index (χ0n) is 8.92. The van der Waals surface area contributed by atoms with Crippen LogP contribution in [0.5, 0.6) is 0 Å². The second-order valence-electron chi connectivity index (χ2n) is 3.52. The van der Waals surface area contributed by atoms with Crippen molar-refractivity contribution in [3.63, 3.8) is 0 Å². The van der Waals surface area contributed by atoms with Crippen LogP contribution in [0.2, 0.25) is 0 Å². The zero-order valence-corrected chi connectivity index (χ0v) is 8.92. The molecule has 0 fully saturated rings. The first-order valence-electron chi connectivity index (χ1n) is 4.96. The van der Waals surface area contributed by atoms with Gasteiger partial charge in [0, 0.05) is 18.0 Å². The normalized spacial score (nSPS) is 9.59. The second-order valence-corrected chi connectivity index (χ2v) is 3.52. The van der Waals surface area contributed by atoms with Crippen molar-refractivity contribution in [2.45, 2.75) is 0 Å². The highest BCUT2D eigenvalue weighted by Gasteiger charge is 2.04. The van der Waals surface area contributed by atoms with Crippen LogP contribution in [0.4, 0.5) is 0 Å². The quantitative estimate of drug-likeness (QED) is 0.841. The number of primary amides is 1. The van der Waals surface area contributed by atoms with Gasteiger partial charge in [0.25, 0.3) is 0 Å². The molecular formula is C13H9N3O. The Morgan fingerprint density at radius 2 is 1.88 bits per heavy atom. The topological polar surface area (TPSA) is 79.8 Å². The molecule has 0 unspecified atom stereocenters. The van der Waals surface area contributed by atoms with E-state index in [9.17, 15) is 4.79 Å². The number of pyridine rings is 1. The van der Waals surface area contributed by atoms with E-state index in [1.54, 1.807) is 36.5 Å². The second kappa shape index (κ2) is 4.45. The van der Waals surface area contributed by atoms with Crippen LogP contribution >= 0.6 is 0 Å². The summed E-state index contributed by atoms with van der Waals surface area (Å²) in [5.74, 6) is -0.506. The monoisotopic (exact) mass is 223 g/mol. The van der Waals surface area contributed by atoms with Crippen LogP contribution in [0, 0.1) is 11.3 Å². The maximum absolute atomic E-state index is 11.0. The molecule has 1 amide bonds. The van der Waals surface area contributed by atoms with Crippen LogP contribution < -0.4 is 5.73 Å². The highest BCUT2D eigenvalue weighted by atomic mass is 16.1. The highest BCUT2D eigenvalue weighted by Crippen LogP contribution is 2.19. The van der Waals surface area contributed by atoms with Crippen LogP contribution in [-0.4, -0.2) is 10.9 Å². The number of nitrogens with two attached hydrogens (primary N) is 1. The molecular weight excluding hydrogens is 214 g/mol. The Bertz CT molecular complexity index is 597. The van der Waals surface area contributed by atoms with Crippen LogP contribution in [0.15, 0.2) is 42.7 Å². The molecule has 17 heavy (non-hydrogen) atoms. The average Bonchev–Trinajstić information content (AvgIpc) is 2.39. The zero-order chi connectivity index (χ0) is 12.3. The number of hydrogen-bond acceptors (Lipinski definition) is 3. The van der Waals surface area contributed by atoms with E-state index in [0.717, 1.165) is 11.1 Å². The summed E-state index contributed by atoms with van der Waals surface area (Å²) in [5, 5.41) is 8.69. The number of hydrogen-bond donors (Lipinski definition) is 1. The van der Waals surface area contributed by atoms with Gasteiger partial charge in [0.1, 0.15) is 0 Å². The Balaban J connectivity index is 2.42. The van der Waals surface area contributed by atoms with E-state index in [0.29, 0.717) is 11.1 Å². The number of benzene rings is 1. The summed E-state index contributed by atoms with van der Waals surface area (Å²) in [6.07, 6.45) is 3.07. The summed E-state index contributed by atoms with van der Waals surface area (Å²) in [6.45, 7) is 0. The highest BCUT2D eigenvalue weighted by molar-refractivity contribution is 5.93. The van der Waals surface area contributed by atoms with Gasteiger partial charge in [0.15, 0.2) is 0 Å². The first kappa shape index (κ1) is 10.8. The van der Waals surface area contributed by atoms with Gasteiger partial charge in [0.2, 0.25) is 5.91 Å². The predicted molar refractivity (Wildman–Crippen MR) is 62.9 cm³/mol. The molecule has 4 nitrogen and oxygen atoms in total. The molecule has 2 N–H and O–H groups in total. The SMILES string of the molecule is N#Cc1ccc(-c2cncc(C(N)=O)c2)cc1. The summed E-state index contributed by atoms with van der Waals surface area (Å²) in [6, 6.07) is 10.8. The molecule has 2 rings (SSSR count). The van der Waals surface area contributed by atoms with Crippen LogP contribution in [0.1, 0.15) is 15.9 Å². The molecule has 0 saturated carbocycles. The standard InChI is InChI=1S/C13H9N3O/c14-6-9-1-3-10(4-2-9)11-5-12(13(15)17)8-16-7-11/h1-5,7-8H,(H2,15,17). The first-order valence-corrected chi connectivity index (χ1v) is 4.96. The van der Waals surface area contributed by atoms with Crippen molar-refractivity contribution in [1.82, 2.24) is 4.98 Å². The third kappa shape index (κ3) is 2.29. The summed E-state index contributed by atoms with van der Waals surface area (Å²) in [5.41, 5.74) is 7.83. The Labute approximate surface area is 98.3 Å². The van der Waals surface area contributed by atoms with Crippen molar-refractivity contribution in [2.24, 2.45) is 5.73 Å². The lowest BCUT2D eigenvalue weighted by molar-refractivity contribution is 0.1000. The fourth-order valence-electron chi connectivity index (χ4n) is 1.47. The van der Waals surface area contributed by atoms with Crippen molar-refractivity contribution in [3.8, 4) is 17.2 Å². The number of rotatable bonds is 2. The molecule has 0 saturated heterocycles. The van der Waals surface area contributed by atoms with Gasteiger partial charge >= 0.3 is 0 Å². The maximum atomic E-state index is 11.0. The van der Waals surface area contributed by atoms with Crippen molar-refractivity contribution < 1.29 is 4.79 Å². The van der Waals surface area contributed by atoms with Crippen molar-refractivity contribution in [1.29, 1.82) is 5.26 Å². The number of aromatic nitrogens is 1. The predicted octanol–water partition coefficient (Wildman–Crippen LogP) is 1.72. The number of amides is 1. The molecule has 0 spiro atoms. The van der Waals surface area contributed by atoms with Crippen LogP contribution in [-0.2, 0) is 0 Å². The number of nitriles is 1. The minimum atomic E-state index is -0.506. The fourth-order valence-corrected chi connectivity index (χ4v) is 1.47. The van der Waals surface area contributed by atoms with Gasteiger partial charge in [-0.1, -0.05) is 12.1 Å². The Morgan fingerprint density at radius 1 is 1.18 bits per heavy atom. The summed E-state index contributed by atoms with van der Waals surface area (Å²) < 4.78 is 0. The lowest BCUT2D eigenvalue weighted by atomic mass is 10.0. The Morgan fingerprint density at radius 3 is 2.47 bits per heavy atom. The molecule has 0 bridgehead atoms. The van der Waals surface area contributed by atoms with Gasteiger partial charge in [-0.15, -0.1) is 0 Å². The molecule has 0 aliphatic carbocycles. The van der Waals surface area contributed by atoms with E-state index >= 15 is 0 Å². The number of carbonyl (C=O) groups excluding carboxylic acids is 1. The van der Waals surface area contributed by atoms with E-state index < -0.39 is 5.91 Å². The Hall–Kier alpha value is -2.67.